The van der Waals surface area contributed by atoms with E-state index in [9.17, 15) is 4.79 Å². The molecule has 0 radical (unpaired) electrons. The quantitative estimate of drug-likeness (QED) is 0.481. The molecule has 4 heteroatoms. The second kappa shape index (κ2) is 12.6. The minimum atomic E-state index is 0.256. The SMILES string of the molecule is COCCOCCCOCCCCC(C)=O. The van der Waals surface area contributed by atoms with Gasteiger partial charge in [-0.15, -0.1) is 0 Å². The fourth-order valence-corrected chi connectivity index (χ4v) is 1.19. The molecule has 0 aliphatic rings. The molecule has 0 bridgehead atoms. The molecule has 0 heterocycles. The second-order valence-corrected chi connectivity index (χ2v) is 3.73. The maximum atomic E-state index is 10.6. The lowest BCUT2D eigenvalue weighted by atomic mass is 10.2. The van der Waals surface area contributed by atoms with E-state index in [1.165, 1.54) is 0 Å². The van der Waals surface area contributed by atoms with Gasteiger partial charge in [-0.2, -0.15) is 0 Å². The van der Waals surface area contributed by atoms with Gasteiger partial charge in [0.25, 0.3) is 0 Å². The van der Waals surface area contributed by atoms with Gasteiger partial charge >= 0.3 is 0 Å². The summed E-state index contributed by atoms with van der Waals surface area (Å²) in [6, 6.07) is 0. The fourth-order valence-electron chi connectivity index (χ4n) is 1.19. The average Bonchev–Trinajstić information content (AvgIpc) is 2.25. The molecular weight excluding hydrogens is 208 g/mol. The number of hydrogen-bond donors (Lipinski definition) is 0. The van der Waals surface area contributed by atoms with E-state index in [-0.39, 0.29) is 5.78 Å². The Kier molecular flexibility index (Phi) is 12.3. The van der Waals surface area contributed by atoms with Crippen LogP contribution in [0.15, 0.2) is 0 Å². The van der Waals surface area contributed by atoms with Gasteiger partial charge in [-0.25, -0.2) is 0 Å². The largest absolute Gasteiger partial charge is 0.382 e. The summed E-state index contributed by atoms with van der Waals surface area (Å²) in [6.07, 6.45) is 3.48. The molecule has 0 atom stereocenters. The molecule has 0 amide bonds. The van der Waals surface area contributed by atoms with Crippen molar-refractivity contribution in [1.29, 1.82) is 0 Å². The first kappa shape index (κ1) is 15.6. The number of carbonyl (C=O) groups excluding carboxylic acids is 1. The summed E-state index contributed by atoms with van der Waals surface area (Å²) < 4.78 is 15.5. The van der Waals surface area contributed by atoms with Crippen LogP contribution in [0.4, 0.5) is 0 Å². The summed E-state index contributed by atoms with van der Waals surface area (Å²) in [4.78, 5) is 10.6. The van der Waals surface area contributed by atoms with Gasteiger partial charge in [0.2, 0.25) is 0 Å². The van der Waals surface area contributed by atoms with Crippen LogP contribution in [0.2, 0.25) is 0 Å². The molecule has 0 saturated carbocycles. The van der Waals surface area contributed by atoms with Gasteiger partial charge in [0.05, 0.1) is 13.2 Å². The third-order valence-corrected chi connectivity index (χ3v) is 2.08. The predicted octanol–water partition coefficient (Wildman–Crippen LogP) is 1.82. The average molecular weight is 232 g/mol. The molecule has 0 N–H and O–H groups in total. The van der Waals surface area contributed by atoms with Gasteiger partial charge in [-0.3, -0.25) is 0 Å². The Bertz CT molecular complexity index is 159. The Labute approximate surface area is 98.3 Å². The van der Waals surface area contributed by atoms with Gasteiger partial charge in [-0.1, -0.05) is 0 Å². The molecule has 0 fully saturated rings. The number of unbranched alkanes of at least 4 members (excludes halogenated alkanes) is 1. The maximum absolute atomic E-state index is 10.6. The van der Waals surface area contributed by atoms with Crippen molar-refractivity contribution in [1.82, 2.24) is 0 Å². The van der Waals surface area contributed by atoms with E-state index in [0.29, 0.717) is 19.6 Å². The molecule has 0 unspecified atom stereocenters. The van der Waals surface area contributed by atoms with Gasteiger partial charge < -0.3 is 19.0 Å². The van der Waals surface area contributed by atoms with E-state index in [4.69, 9.17) is 14.2 Å². The number of carbonyl (C=O) groups is 1. The second-order valence-electron chi connectivity index (χ2n) is 3.73. The van der Waals surface area contributed by atoms with E-state index in [2.05, 4.69) is 0 Å². The Morgan fingerprint density at radius 3 is 2.12 bits per heavy atom. The van der Waals surface area contributed by atoms with Gasteiger partial charge in [0, 0.05) is 33.4 Å². The van der Waals surface area contributed by atoms with Gasteiger partial charge in [0.1, 0.15) is 5.78 Å². The normalized spacial score (nSPS) is 10.6. The zero-order valence-electron chi connectivity index (χ0n) is 10.5. The number of hydrogen-bond acceptors (Lipinski definition) is 4. The number of rotatable bonds is 12. The lowest BCUT2D eigenvalue weighted by Crippen LogP contribution is -2.06. The molecule has 0 aromatic rings. The zero-order valence-corrected chi connectivity index (χ0v) is 10.5. The van der Waals surface area contributed by atoms with E-state index >= 15 is 0 Å². The molecule has 0 aromatic heterocycles. The Hall–Kier alpha value is -0.450. The van der Waals surface area contributed by atoms with Crippen molar-refractivity contribution < 1.29 is 19.0 Å². The highest BCUT2D eigenvalue weighted by atomic mass is 16.5. The van der Waals surface area contributed by atoms with Crippen LogP contribution in [0.25, 0.3) is 0 Å². The standard InChI is InChI=1S/C12H24O4/c1-12(13)6-3-4-7-15-8-5-9-16-11-10-14-2/h3-11H2,1-2H3. The van der Waals surface area contributed by atoms with E-state index < -0.39 is 0 Å². The van der Waals surface area contributed by atoms with Crippen LogP contribution in [-0.2, 0) is 19.0 Å². The Morgan fingerprint density at radius 2 is 1.50 bits per heavy atom. The smallest absolute Gasteiger partial charge is 0.129 e. The third kappa shape index (κ3) is 13.5. The van der Waals surface area contributed by atoms with Crippen molar-refractivity contribution in [2.75, 3.05) is 40.1 Å². The first-order chi connectivity index (χ1) is 7.77. The van der Waals surface area contributed by atoms with Crippen molar-refractivity contribution in [3.8, 4) is 0 Å². The summed E-state index contributed by atoms with van der Waals surface area (Å²) in [5.74, 6) is 0.256. The molecule has 16 heavy (non-hydrogen) atoms. The van der Waals surface area contributed by atoms with Crippen molar-refractivity contribution >= 4 is 5.78 Å². The van der Waals surface area contributed by atoms with Crippen molar-refractivity contribution in [2.45, 2.75) is 32.6 Å². The van der Waals surface area contributed by atoms with Crippen LogP contribution in [0, 0.1) is 0 Å². The molecule has 96 valence electrons. The van der Waals surface area contributed by atoms with Crippen LogP contribution in [0.5, 0.6) is 0 Å². The monoisotopic (exact) mass is 232 g/mol. The highest BCUT2D eigenvalue weighted by Crippen LogP contribution is 1.97. The Balaban J connectivity index is 2.90. The molecule has 0 aromatic carbocycles. The highest BCUT2D eigenvalue weighted by molar-refractivity contribution is 5.75. The minimum absolute atomic E-state index is 0.256. The summed E-state index contributed by atoms with van der Waals surface area (Å²) in [5.41, 5.74) is 0. The number of methoxy groups -OCH3 is 1. The fraction of sp³-hybridized carbons (Fsp3) is 0.917. The molecule has 0 saturated heterocycles. The summed E-state index contributed by atoms with van der Waals surface area (Å²) in [7, 11) is 1.66. The van der Waals surface area contributed by atoms with Crippen LogP contribution < -0.4 is 0 Å². The first-order valence-electron chi connectivity index (χ1n) is 5.91. The molecule has 0 rings (SSSR count). The van der Waals surface area contributed by atoms with Crippen LogP contribution in [0.3, 0.4) is 0 Å². The minimum Gasteiger partial charge on any atom is -0.382 e. The Morgan fingerprint density at radius 1 is 0.875 bits per heavy atom. The van der Waals surface area contributed by atoms with E-state index in [1.54, 1.807) is 14.0 Å². The molecule has 0 aliphatic carbocycles. The van der Waals surface area contributed by atoms with E-state index in [1.807, 2.05) is 0 Å². The number of ether oxygens (including phenoxy) is 3. The van der Waals surface area contributed by atoms with Gasteiger partial charge in [0.15, 0.2) is 0 Å². The molecule has 0 aliphatic heterocycles. The molecule has 0 spiro atoms. The lowest BCUT2D eigenvalue weighted by Gasteiger charge is -2.05. The number of Topliss-reactive ketones (excluding diaryl/α,β-unsaturated/α-hetero) is 1. The molecular formula is C12H24O4. The van der Waals surface area contributed by atoms with Crippen LogP contribution in [-0.4, -0.2) is 45.9 Å². The number of ketones is 1. The summed E-state index contributed by atoms with van der Waals surface area (Å²) >= 11 is 0. The zero-order chi connectivity index (χ0) is 12.1. The van der Waals surface area contributed by atoms with Crippen LogP contribution in [0.1, 0.15) is 32.6 Å². The lowest BCUT2D eigenvalue weighted by molar-refractivity contribution is -0.117. The van der Waals surface area contributed by atoms with E-state index in [0.717, 1.165) is 39.1 Å². The maximum Gasteiger partial charge on any atom is 0.129 e. The highest BCUT2D eigenvalue weighted by Gasteiger charge is 1.94. The van der Waals surface area contributed by atoms with Gasteiger partial charge in [-0.05, 0) is 26.2 Å². The van der Waals surface area contributed by atoms with Crippen molar-refractivity contribution in [2.24, 2.45) is 0 Å². The first-order valence-corrected chi connectivity index (χ1v) is 5.91. The molecule has 4 nitrogen and oxygen atoms in total. The van der Waals surface area contributed by atoms with Crippen LogP contribution >= 0.6 is 0 Å². The topological polar surface area (TPSA) is 44.8 Å². The third-order valence-electron chi connectivity index (χ3n) is 2.08. The van der Waals surface area contributed by atoms with Crippen molar-refractivity contribution in [3.63, 3.8) is 0 Å². The predicted molar refractivity (Wildman–Crippen MR) is 62.7 cm³/mol. The van der Waals surface area contributed by atoms with Crippen molar-refractivity contribution in [3.05, 3.63) is 0 Å². The summed E-state index contributed by atoms with van der Waals surface area (Å²) in [5, 5.41) is 0. The summed E-state index contributed by atoms with van der Waals surface area (Å²) in [6.45, 7) is 5.11.